The molecule has 0 spiro atoms. The summed E-state index contributed by atoms with van der Waals surface area (Å²) in [5, 5.41) is 2.44. The smallest absolute Gasteiger partial charge is 0.255 e. The normalized spacial score (nSPS) is 11.2. The molecule has 0 saturated heterocycles. The third-order valence-electron chi connectivity index (χ3n) is 4.20. The van der Waals surface area contributed by atoms with E-state index < -0.39 is 21.7 Å². The number of hydrogen-bond acceptors (Lipinski definition) is 4. The molecule has 6 nitrogen and oxygen atoms in total. The standard InChI is InChI=1S/C21H18BrFN2O4S/c1-29-19-10-7-15(21(26)25-18-9-8-16(22)12-17(18)23)11-20(19)30(27,28)24-13-14-5-3-2-4-6-14/h2-12,24H,13H2,1H3,(H,25,26). The Kier molecular flexibility index (Phi) is 6.86. The number of hydrogen-bond donors (Lipinski definition) is 2. The maximum Gasteiger partial charge on any atom is 0.255 e. The first-order valence-electron chi connectivity index (χ1n) is 8.78. The number of nitrogens with one attached hydrogen (secondary N) is 2. The monoisotopic (exact) mass is 492 g/mol. The summed E-state index contributed by atoms with van der Waals surface area (Å²) in [6.45, 7) is 0.0762. The molecule has 0 radical (unpaired) electrons. The van der Waals surface area contributed by atoms with Crippen LogP contribution in [0.25, 0.3) is 0 Å². The van der Waals surface area contributed by atoms with Gasteiger partial charge in [-0.1, -0.05) is 46.3 Å². The van der Waals surface area contributed by atoms with Crippen LogP contribution in [0.1, 0.15) is 15.9 Å². The second-order valence-electron chi connectivity index (χ2n) is 6.25. The Morgan fingerprint density at radius 3 is 2.47 bits per heavy atom. The zero-order valence-electron chi connectivity index (χ0n) is 15.9. The van der Waals surface area contributed by atoms with Gasteiger partial charge in [0.1, 0.15) is 16.5 Å². The van der Waals surface area contributed by atoms with Crippen LogP contribution in [-0.4, -0.2) is 21.4 Å². The molecule has 9 heteroatoms. The first-order valence-corrected chi connectivity index (χ1v) is 11.1. The SMILES string of the molecule is COc1ccc(C(=O)Nc2ccc(Br)cc2F)cc1S(=O)(=O)NCc1ccccc1. The summed E-state index contributed by atoms with van der Waals surface area (Å²) >= 11 is 3.15. The van der Waals surface area contributed by atoms with Crippen molar-refractivity contribution in [2.75, 3.05) is 12.4 Å². The molecule has 0 unspecified atom stereocenters. The molecule has 156 valence electrons. The lowest BCUT2D eigenvalue weighted by molar-refractivity contribution is 0.102. The second-order valence-corrected chi connectivity index (χ2v) is 8.91. The Hall–Kier alpha value is -2.75. The molecule has 3 aromatic rings. The van der Waals surface area contributed by atoms with Crippen molar-refractivity contribution in [1.82, 2.24) is 4.72 Å². The van der Waals surface area contributed by atoms with Crippen LogP contribution < -0.4 is 14.8 Å². The molecule has 0 saturated carbocycles. The quantitative estimate of drug-likeness (QED) is 0.514. The molecule has 3 aromatic carbocycles. The van der Waals surface area contributed by atoms with Crippen LogP contribution in [0.3, 0.4) is 0 Å². The van der Waals surface area contributed by atoms with Gasteiger partial charge in [-0.15, -0.1) is 0 Å². The lowest BCUT2D eigenvalue weighted by Gasteiger charge is -2.13. The first kappa shape index (κ1) is 21.9. The average molecular weight is 493 g/mol. The lowest BCUT2D eigenvalue weighted by atomic mass is 10.2. The van der Waals surface area contributed by atoms with Crippen LogP contribution in [0.15, 0.2) is 76.1 Å². The van der Waals surface area contributed by atoms with Gasteiger partial charge in [0.15, 0.2) is 0 Å². The summed E-state index contributed by atoms with van der Waals surface area (Å²) < 4.78 is 47.8. The minimum Gasteiger partial charge on any atom is -0.495 e. The van der Waals surface area contributed by atoms with E-state index in [-0.39, 0.29) is 28.4 Å². The molecule has 0 aromatic heterocycles. The molecule has 0 bridgehead atoms. The molecule has 1 amide bonds. The fourth-order valence-corrected chi connectivity index (χ4v) is 4.21. The molecular formula is C21H18BrFN2O4S. The van der Waals surface area contributed by atoms with Crippen LogP contribution in [0, 0.1) is 5.82 Å². The van der Waals surface area contributed by atoms with Crippen molar-refractivity contribution < 1.29 is 22.3 Å². The van der Waals surface area contributed by atoms with E-state index in [1.807, 2.05) is 6.07 Å². The maximum atomic E-state index is 14.0. The number of carbonyl (C=O) groups excluding carboxylic acids is 1. The molecule has 30 heavy (non-hydrogen) atoms. The van der Waals surface area contributed by atoms with E-state index >= 15 is 0 Å². The van der Waals surface area contributed by atoms with Crippen molar-refractivity contribution in [1.29, 1.82) is 0 Å². The highest BCUT2D eigenvalue weighted by atomic mass is 79.9. The van der Waals surface area contributed by atoms with Gasteiger partial charge in [0, 0.05) is 16.6 Å². The summed E-state index contributed by atoms with van der Waals surface area (Å²) in [5.41, 5.74) is 0.795. The highest BCUT2D eigenvalue weighted by molar-refractivity contribution is 9.10. The van der Waals surface area contributed by atoms with Crippen molar-refractivity contribution in [2.24, 2.45) is 0 Å². The number of methoxy groups -OCH3 is 1. The van der Waals surface area contributed by atoms with Crippen molar-refractivity contribution in [3.8, 4) is 5.75 Å². The summed E-state index contributed by atoms with van der Waals surface area (Å²) in [7, 11) is -2.64. The van der Waals surface area contributed by atoms with Crippen LogP contribution in [0.4, 0.5) is 10.1 Å². The Labute approximate surface area is 182 Å². The number of sulfonamides is 1. The fraction of sp³-hybridized carbons (Fsp3) is 0.0952. The molecule has 0 heterocycles. The minimum absolute atomic E-state index is 0.0226. The third-order valence-corrected chi connectivity index (χ3v) is 6.12. The van der Waals surface area contributed by atoms with Crippen LogP contribution in [-0.2, 0) is 16.6 Å². The summed E-state index contributed by atoms with van der Waals surface area (Å²) in [6, 6.07) is 17.2. The lowest BCUT2D eigenvalue weighted by Crippen LogP contribution is -2.24. The largest absolute Gasteiger partial charge is 0.495 e. The second kappa shape index (κ2) is 9.38. The highest BCUT2D eigenvalue weighted by Gasteiger charge is 2.22. The number of benzene rings is 3. The van der Waals surface area contributed by atoms with Gasteiger partial charge in [0.05, 0.1) is 12.8 Å². The molecule has 3 rings (SSSR count). The number of carbonyl (C=O) groups is 1. The third kappa shape index (κ3) is 5.24. The molecule has 0 atom stereocenters. The number of halogens is 2. The Bertz CT molecular complexity index is 1170. The van der Waals surface area contributed by atoms with Crippen LogP contribution in [0.5, 0.6) is 5.75 Å². The van der Waals surface area contributed by atoms with Crippen LogP contribution >= 0.6 is 15.9 Å². The van der Waals surface area contributed by atoms with Gasteiger partial charge in [0.25, 0.3) is 5.91 Å². The van der Waals surface area contributed by atoms with Crippen molar-refractivity contribution in [3.05, 3.63) is 88.1 Å². The van der Waals surface area contributed by atoms with Gasteiger partial charge in [-0.25, -0.2) is 17.5 Å². The van der Waals surface area contributed by atoms with E-state index in [9.17, 15) is 17.6 Å². The van der Waals surface area contributed by atoms with Crippen molar-refractivity contribution in [2.45, 2.75) is 11.4 Å². The first-order chi connectivity index (χ1) is 14.3. The topological polar surface area (TPSA) is 84.5 Å². The predicted octanol–water partition coefficient (Wildman–Crippen LogP) is 4.33. The molecule has 0 aliphatic carbocycles. The van der Waals surface area contributed by atoms with Gasteiger partial charge in [-0.3, -0.25) is 4.79 Å². The summed E-state index contributed by atoms with van der Waals surface area (Å²) in [6.07, 6.45) is 0. The van der Waals surface area contributed by atoms with E-state index in [4.69, 9.17) is 4.74 Å². The van der Waals surface area contributed by atoms with E-state index in [2.05, 4.69) is 26.0 Å². The zero-order chi connectivity index (χ0) is 21.7. The van der Waals surface area contributed by atoms with Crippen molar-refractivity contribution >= 4 is 37.5 Å². The van der Waals surface area contributed by atoms with Gasteiger partial charge in [-0.2, -0.15) is 0 Å². The Morgan fingerprint density at radius 1 is 1.07 bits per heavy atom. The number of anilines is 1. The van der Waals surface area contributed by atoms with Gasteiger partial charge < -0.3 is 10.1 Å². The maximum absolute atomic E-state index is 14.0. The van der Waals surface area contributed by atoms with E-state index in [0.29, 0.717) is 4.47 Å². The highest BCUT2D eigenvalue weighted by Crippen LogP contribution is 2.26. The van der Waals surface area contributed by atoms with Gasteiger partial charge >= 0.3 is 0 Å². The van der Waals surface area contributed by atoms with E-state index in [0.717, 1.165) is 5.56 Å². The van der Waals surface area contributed by atoms with Crippen LogP contribution in [0.2, 0.25) is 0 Å². The molecule has 2 N–H and O–H groups in total. The van der Waals surface area contributed by atoms with Gasteiger partial charge in [-0.05, 0) is 42.0 Å². The molecule has 0 aliphatic rings. The molecule has 0 fully saturated rings. The Morgan fingerprint density at radius 2 is 1.80 bits per heavy atom. The number of rotatable bonds is 7. The van der Waals surface area contributed by atoms with E-state index in [1.165, 1.54) is 37.4 Å². The predicted molar refractivity (Wildman–Crippen MR) is 116 cm³/mol. The number of amides is 1. The average Bonchev–Trinajstić information content (AvgIpc) is 2.74. The summed E-state index contributed by atoms with van der Waals surface area (Å²) in [4.78, 5) is 12.4. The zero-order valence-corrected chi connectivity index (χ0v) is 18.3. The minimum atomic E-state index is -3.98. The molecule has 0 aliphatic heterocycles. The number of ether oxygens (including phenoxy) is 1. The summed E-state index contributed by atoms with van der Waals surface area (Å²) in [5.74, 6) is -1.19. The fourth-order valence-electron chi connectivity index (χ4n) is 2.67. The Balaban J connectivity index is 1.86. The van der Waals surface area contributed by atoms with Gasteiger partial charge in [0.2, 0.25) is 10.0 Å². The molecular weight excluding hydrogens is 475 g/mol. The van der Waals surface area contributed by atoms with E-state index in [1.54, 1.807) is 30.3 Å². The van der Waals surface area contributed by atoms with Crippen molar-refractivity contribution in [3.63, 3.8) is 0 Å².